The molecule has 170 valence electrons. The summed E-state index contributed by atoms with van der Waals surface area (Å²) >= 11 is 0. The van der Waals surface area contributed by atoms with Gasteiger partial charge in [-0.2, -0.15) is 10.1 Å². The summed E-state index contributed by atoms with van der Waals surface area (Å²) in [6.45, 7) is 2.41. The molecule has 0 atom stereocenters. The van der Waals surface area contributed by atoms with E-state index in [2.05, 4.69) is 20.5 Å². The maximum absolute atomic E-state index is 13.2. The predicted octanol–water partition coefficient (Wildman–Crippen LogP) is 4.23. The Labute approximate surface area is 195 Å². The third-order valence-corrected chi connectivity index (χ3v) is 4.93. The second-order valence-corrected chi connectivity index (χ2v) is 7.50. The van der Waals surface area contributed by atoms with Crippen LogP contribution in [0.2, 0.25) is 0 Å². The monoisotopic (exact) mass is 456 g/mol. The minimum absolute atomic E-state index is 0.0274. The van der Waals surface area contributed by atoms with Crippen LogP contribution < -0.4 is 15.9 Å². The Balaban J connectivity index is 1.45. The van der Waals surface area contributed by atoms with Crippen molar-refractivity contribution < 1.29 is 13.9 Å². The molecule has 3 aromatic carbocycles. The third kappa shape index (κ3) is 5.80. The fourth-order valence-electron chi connectivity index (χ4n) is 3.13. The number of carbonyl (C=O) groups excluding carboxylic acids is 1. The highest BCUT2D eigenvalue weighted by Crippen LogP contribution is 2.18. The molecule has 0 aliphatic carbocycles. The van der Waals surface area contributed by atoms with Gasteiger partial charge in [0.05, 0.1) is 11.9 Å². The van der Waals surface area contributed by atoms with Crippen LogP contribution in [0, 0.1) is 12.7 Å². The van der Waals surface area contributed by atoms with E-state index in [-0.39, 0.29) is 11.4 Å². The molecule has 0 saturated heterocycles. The van der Waals surface area contributed by atoms with E-state index in [9.17, 15) is 14.0 Å². The molecule has 0 radical (unpaired) electrons. The van der Waals surface area contributed by atoms with Crippen molar-refractivity contribution in [3.8, 4) is 17.0 Å². The summed E-state index contributed by atoms with van der Waals surface area (Å²) in [6.07, 6.45) is 1.46. The van der Waals surface area contributed by atoms with Crippen molar-refractivity contribution in [1.82, 2.24) is 15.4 Å². The molecule has 1 aromatic heterocycles. The summed E-state index contributed by atoms with van der Waals surface area (Å²) in [5, 5.41) is 3.99. The lowest BCUT2D eigenvalue weighted by atomic mass is 10.1. The molecular formula is C26H21FN4O3. The zero-order chi connectivity index (χ0) is 23.9. The number of carbonyl (C=O) groups is 1. The molecule has 7 nitrogen and oxygen atoms in total. The van der Waals surface area contributed by atoms with Crippen LogP contribution in [0.3, 0.4) is 0 Å². The quantitative estimate of drug-likeness (QED) is 0.321. The number of nitrogens with zero attached hydrogens (tertiary/aromatic N) is 2. The lowest BCUT2D eigenvalue weighted by Gasteiger charge is -2.09. The Morgan fingerprint density at radius 2 is 1.82 bits per heavy atom. The smallest absolute Gasteiger partial charge is 0.346 e. The maximum Gasteiger partial charge on any atom is 0.346 e. The summed E-state index contributed by atoms with van der Waals surface area (Å²) in [4.78, 5) is 30.7. The topological polar surface area (TPSA) is 96.4 Å². The normalized spacial score (nSPS) is 10.9. The Kier molecular flexibility index (Phi) is 6.88. The molecule has 0 aliphatic heterocycles. The fourth-order valence-corrected chi connectivity index (χ4v) is 3.13. The molecule has 8 heteroatoms. The van der Waals surface area contributed by atoms with Gasteiger partial charge in [-0.1, -0.05) is 42.0 Å². The maximum atomic E-state index is 13.2. The second-order valence-electron chi connectivity index (χ2n) is 7.50. The molecular weight excluding hydrogens is 435 g/mol. The van der Waals surface area contributed by atoms with Crippen molar-refractivity contribution in [2.24, 2.45) is 5.10 Å². The van der Waals surface area contributed by atoms with Crippen LogP contribution in [0.1, 0.15) is 27.2 Å². The van der Waals surface area contributed by atoms with Gasteiger partial charge in [-0.05, 0) is 55.0 Å². The van der Waals surface area contributed by atoms with Gasteiger partial charge in [0.1, 0.15) is 23.9 Å². The van der Waals surface area contributed by atoms with Crippen molar-refractivity contribution in [1.29, 1.82) is 0 Å². The van der Waals surface area contributed by atoms with Crippen LogP contribution in [0.25, 0.3) is 11.3 Å². The number of benzene rings is 3. The average molecular weight is 456 g/mol. The molecule has 0 unspecified atom stereocenters. The van der Waals surface area contributed by atoms with E-state index in [0.717, 1.165) is 5.56 Å². The van der Waals surface area contributed by atoms with Gasteiger partial charge in [-0.25, -0.2) is 14.6 Å². The number of hydrazone groups is 1. The number of H-pyrrole nitrogens is 1. The zero-order valence-electron chi connectivity index (χ0n) is 18.3. The lowest BCUT2D eigenvalue weighted by molar-refractivity contribution is 0.0949. The van der Waals surface area contributed by atoms with E-state index in [1.807, 2.05) is 49.4 Å². The van der Waals surface area contributed by atoms with Crippen molar-refractivity contribution in [2.45, 2.75) is 13.5 Å². The summed E-state index contributed by atoms with van der Waals surface area (Å²) < 4.78 is 19.1. The number of aromatic amines is 1. The van der Waals surface area contributed by atoms with Crippen LogP contribution >= 0.6 is 0 Å². The summed E-state index contributed by atoms with van der Waals surface area (Å²) in [5.74, 6) is -0.432. The van der Waals surface area contributed by atoms with Crippen molar-refractivity contribution in [3.63, 3.8) is 0 Å². The van der Waals surface area contributed by atoms with Gasteiger partial charge < -0.3 is 9.72 Å². The molecule has 1 heterocycles. The van der Waals surface area contributed by atoms with Crippen LogP contribution in [-0.2, 0) is 6.61 Å². The van der Waals surface area contributed by atoms with Crippen molar-refractivity contribution in [3.05, 3.63) is 118 Å². The van der Waals surface area contributed by atoms with Gasteiger partial charge in [0.15, 0.2) is 0 Å². The van der Waals surface area contributed by atoms with Crippen LogP contribution in [0.5, 0.6) is 5.75 Å². The number of nitrogens with one attached hydrogen (secondary N) is 2. The Hall–Kier alpha value is -4.59. The highest BCUT2D eigenvalue weighted by Gasteiger charge is 2.10. The number of hydrogen-bond donors (Lipinski definition) is 2. The molecule has 0 fully saturated rings. The van der Waals surface area contributed by atoms with Gasteiger partial charge in [0.2, 0.25) is 0 Å². The highest BCUT2D eigenvalue weighted by atomic mass is 19.1. The van der Waals surface area contributed by atoms with E-state index >= 15 is 0 Å². The number of amides is 1. The molecule has 0 bridgehead atoms. The van der Waals surface area contributed by atoms with E-state index in [1.165, 1.54) is 42.1 Å². The number of aromatic nitrogens is 2. The number of ether oxygens (including phenoxy) is 1. The lowest BCUT2D eigenvalue weighted by Crippen LogP contribution is -2.24. The SMILES string of the molecule is Cc1ccc(COc2ccccc2/C=N/NC(=O)c2cc(-c3ccc(F)cc3)nc(=O)[nH]2)cc1. The first kappa shape index (κ1) is 22.6. The average Bonchev–Trinajstić information content (AvgIpc) is 2.84. The van der Waals surface area contributed by atoms with Crippen LogP contribution in [-0.4, -0.2) is 22.1 Å². The number of para-hydroxylation sites is 1. The van der Waals surface area contributed by atoms with E-state index < -0.39 is 17.4 Å². The molecule has 4 rings (SSSR count). The molecule has 2 N–H and O–H groups in total. The first-order valence-corrected chi connectivity index (χ1v) is 10.5. The number of aryl methyl sites for hydroxylation is 1. The Morgan fingerprint density at radius 3 is 2.59 bits per heavy atom. The van der Waals surface area contributed by atoms with E-state index in [1.54, 1.807) is 6.07 Å². The molecule has 0 saturated carbocycles. The Morgan fingerprint density at radius 1 is 1.09 bits per heavy atom. The minimum atomic E-state index is -0.703. The molecule has 0 aliphatic rings. The van der Waals surface area contributed by atoms with Gasteiger partial charge in [0.25, 0.3) is 5.91 Å². The third-order valence-electron chi connectivity index (χ3n) is 4.93. The second kappa shape index (κ2) is 10.4. The van der Waals surface area contributed by atoms with Gasteiger partial charge in [-0.15, -0.1) is 0 Å². The van der Waals surface area contributed by atoms with Gasteiger partial charge in [-0.3, -0.25) is 4.79 Å². The zero-order valence-corrected chi connectivity index (χ0v) is 18.3. The van der Waals surface area contributed by atoms with Crippen LogP contribution in [0.4, 0.5) is 4.39 Å². The Bertz CT molecular complexity index is 1380. The first-order valence-electron chi connectivity index (χ1n) is 10.5. The standard InChI is InChI=1S/C26H21FN4O3/c1-17-6-8-18(9-7-17)16-34-24-5-3-2-4-20(24)15-28-31-25(32)23-14-22(29-26(33)30-23)19-10-12-21(27)13-11-19/h2-15H,16H2,1H3,(H,31,32)(H,29,30,33)/b28-15+. The van der Waals surface area contributed by atoms with Crippen LogP contribution in [0.15, 0.2) is 88.8 Å². The number of rotatable bonds is 7. The summed E-state index contributed by atoms with van der Waals surface area (Å²) in [6, 6.07) is 22.2. The molecule has 0 spiro atoms. The fraction of sp³-hybridized carbons (Fsp3) is 0.0769. The van der Waals surface area contributed by atoms with E-state index in [4.69, 9.17) is 4.74 Å². The molecule has 1 amide bonds. The van der Waals surface area contributed by atoms with Crippen molar-refractivity contribution >= 4 is 12.1 Å². The largest absolute Gasteiger partial charge is 0.488 e. The number of halogens is 1. The molecule has 34 heavy (non-hydrogen) atoms. The highest BCUT2D eigenvalue weighted by molar-refractivity contribution is 5.94. The van der Waals surface area contributed by atoms with E-state index in [0.29, 0.717) is 23.5 Å². The minimum Gasteiger partial charge on any atom is -0.488 e. The first-order chi connectivity index (χ1) is 16.5. The van der Waals surface area contributed by atoms with Crippen molar-refractivity contribution in [2.75, 3.05) is 0 Å². The summed E-state index contributed by atoms with van der Waals surface area (Å²) in [7, 11) is 0. The predicted molar refractivity (Wildman–Crippen MR) is 127 cm³/mol. The van der Waals surface area contributed by atoms with Gasteiger partial charge in [0, 0.05) is 11.1 Å². The van der Waals surface area contributed by atoms with Gasteiger partial charge >= 0.3 is 5.69 Å². The molecule has 4 aromatic rings. The number of hydrogen-bond acceptors (Lipinski definition) is 5. The summed E-state index contributed by atoms with van der Waals surface area (Å²) in [5.41, 5.74) is 5.28.